The van der Waals surface area contributed by atoms with Gasteiger partial charge in [-0.05, 0) is 44.3 Å². The van der Waals surface area contributed by atoms with E-state index in [0.29, 0.717) is 18.8 Å². The first kappa shape index (κ1) is 25.6. The minimum absolute atomic E-state index is 0.156. The zero-order chi connectivity index (χ0) is 24.0. The van der Waals surface area contributed by atoms with Gasteiger partial charge in [-0.3, -0.25) is 4.79 Å². The van der Waals surface area contributed by atoms with Crippen molar-refractivity contribution in [3.8, 4) is 0 Å². The first-order chi connectivity index (χ1) is 15.8. The maximum Gasteiger partial charge on any atom is 0.243 e. The first-order valence-electron chi connectivity index (χ1n) is 11.4. The van der Waals surface area contributed by atoms with E-state index >= 15 is 0 Å². The molecule has 1 saturated heterocycles. The number of benzene rings is 2. The fraction of sp³-hybridized carbons (Fsp3) is 0.458. The molecule has 1 heterocycles. The van der Waals surface area contributed by atoms with Crippen LogP contribution >= 0.6 is 11.8 Å². The fourth-order valence-electron chi connectivity index (χ4n) is 3.80. The summed E-state index contributed by atoms with van der Waals surface area (Å²) in [6.45, 7) is 9.75. The molecule has 0 saturated carbocycles. The SMILES string of the molecule is CCN(CC)S(=O)(=O)c1ccc(N2CCN(C)CC2)c(NC(=O)C(C)Sc2ccccc2)c1. The second-order valence-electron chi connectivity index (χ2n) is 8.12. The molecule has 1 N–H and O–H groups in total. The molecule has 2 aromatic rings. The van der Waals surface area contributed by atoms with Gasteiger partial charge in [-0.25, -0.2) is 8.42 Å². The Hall–Kier alpha value is -2.07. The van der Waals surface area contributed by atoms with Crippen LogP contribution in [0.15, 0.2) is 58.3 Å². The van der Waals surface area contributed by atoms with Crippen LogP contribution in [0.4, 0.5) is 11.4 Å². The molecule has 9 heteroatoms. The number of rotatable bonds is 9. The second kappa shape index (κ2) is 11.4. The van der Waals surface area contributed by atoms with Crippen LogP contribution in [-0.4, -0.2) is 75.1 Å². The van der Waals surface area contributed by atoms with E-state index < -0.39 is 10.0 Å². The van der Waals surface area contributed by atoms with Gasteiger partial charge in [0.05, 0.1) is 21.5 Å². The number of anilines is 2. The van der Waals surface area contributed by atoms with Crippen LogP contribution < -0.4 is 10.2 Å². The average molecular weight is 491 g/mol. The van der Waals surface area contributed by atoms with Crippen LogP contribution in [0, 0.1) is 0 Å². The molecule has 1 aliphatic heterocycles. The van der Waals surface area contributed by atoms with E-state index in [2.05, 4.69) is 22.2 Å². The van der Waals surface area contributed by atoms with E-state index in [1.54, 1.807) is 12.1 Å². The predicted octanol–water partition coefficient (Wildman–Crippen LogP) is 3.59. The largest absolute Gasteiger partial charge is 0.367 e. The van der Waals surface area contributed by atoms with Gasteiger partial charge in [0.15, 0.2) is 0 Å². The molecule has 0 aliphatic carbocycles. The van der Waals surface area contributed by atoms with E-state index in [4.69, 9.17) is 0 Å². The number of amides is 1. The summed E-state index contributed by atoms with van der Waals surface area (Å²) in [6.07, 6.45) is 0. The van der Waals surface area contributed by atoms with Crippen molar-refractivity contribution < 1.29 is 13.2 Å². The lowest BCUT2D eigenvalue weighted by Crippen LogP contribution is -2.44. The highest BCUT2D eigenvalue weighted by molar-refractivity contribution is 8.00. The molecule has 3 rings (SSSR count). The van der Waals surface area contributed by atoms with Crippen molar-refractivity contribution in [3.63, 3.8) is 0 Å². The van der Waals surface area contributed by atoms with Crippen LogP contribution in [0.5, 0.6) is 0 Å². The topological polar surface area (TPSA) is 73.0 Å². The molecule has 0 spiro atoms. The van der Waals surface area contributed by atoms with Crippen LogP contribution in [0.25, 0.3) is 0 Å². The lowest BCUT2D eigenvalue weighted by atomic mass is 10.2. The van der Waals surface area contributed by atoms with Crippen LogP contribution in [0.3, 0.4) is 0 Å². The van der Waals surface area contributed by atoms with E-state index in [0.717, 1.165) is 36.8 Å². The highest BCUT2D eigenvalue weighted by atomic mass is 32.2. The zero-order valence-corrected chi connectivity index (χ0v) is 21.5. The Labute approximate surface area is 202 Å². The molecule has 1 amide bonds. The van der Waals surface area contributed by atoms with Gasteiger partial charge in [0.25, 0.3) is 0 Å². The van der Waals surface area contributed by atoms with Crippen LogP contribution in [0.2, 0.25) is 0 Å². The summed E-state index contributed by atoms with van der Waals surface area (Å²) in [4.78, 5) is 18.8. The highest BCUT2D eigenvalue weighted by Gasteiger charge is 2.26. The Bertz CT molecular complexity index is 1030. The Kier molecular flexibility index (Phi) is 8.81. The second-order valence-corrected chi connectivity index (χ2v) is 11.5. The summed E-state index contributed by atoms with van der Waals surface area (Å²) in [5.41, 5.74) is 1.39. The van der Waals surface area contributed by atoms with Gasteiger partial charge in [-0.2, -0.15) is 4.31 Å². The van der Waals surface area contributed by atoms with Crippen molar-refractivity contribution in [1.29, 1.82) is 0 Å². The van der Waals surface area contributed by atoms with Gasteiger partial charge in [-0.1, -0.05) is 32.0 Å². The third kappa shape index (κ3) is 6.29. The predicted molar refractivity (Wildman–Crippen MR) is 137 cm³/mol. The third-order valence-corrected chi connectivity index (χ3v) is 9.00. The summed E-state index contributed by atoms with van der Waals surface area (Å²) in [5, 5.41) is 2.69. The smallest absolute Gasteiger partial charge is 0.243 e. The Morgan fingerprint density at radius 3 is 2.30 bits per heavy atom. The maximum atomic E-state index is 13.1. The van der Waals surface area contributed by atoms with Gasteiger partial charge in [-0.15, -0.1) is 11.8 Å². The van der Waals surface area contributed by atoms with Gasteiger partial charge < -0.3 is 15.1 Å². The zero-order valence-electron chi connectivity index (χ0n) is 19.8. The fourth-order valence-corrected chi connectivity index (χ4v) is 6.18. The quantitative estimate of drug-likeness (QED) is 0.542. The van der Waals surface area contributed by atoms with Crippen LogP contribution in [0.1, 0.15) is 20.8 Å². The van der Waals surface area contributed by atoms with Crippen molar-refractivity contribution in [3.05, 3.63) is 48.5 Å². The molecule has 1 unspecified atom stereocenters. The molecule has 1 atom stereocenters. The monoisotopic (exact) mass is 490 g/mol. The lowest BCUT2D eigenvalue weighted by molar-refractivity contribution is -0.115. The van der Waals surface area contributed by atoms with Gasteiger partial charge >= 0.3 is 0 Å². The van der Waals surface area contributed by atoms with Crippen molar-refractivity contribution in [2.24, 2.45) is 0 Å². The van der Waals surface area contributed by atoms with E-state index in [1.165, 1.54) is 16.1 Å². The minimum atomic E-state index is -3.63. The number of nitrogens with zero attached hydrogens (tertiary/aromatic N) is 3. The number of piperazine rings is 1. The molecule has 0 aromatic heterocycles. The maximum absolute atomic E-state index is 13.1. The Morgan fingerprint density at radius 1 is 1.06 bits per heavy atom. The number of hydrogen-bond acceptors (Lipinski definition) is 6. The number of likely N-dealkylation sites (N-methyl/N-ethyl adjacent to an activating group) is 1. The highest BCUT2D eigenvalue weighted by Crippen LogP contribution is 2.32. The van der Waals surface area contributed by atoms with Gasteiger partial charge in [0.1, 0.15) is 0 Å². The van der Waals surface area contributed by atoms with Gasteiger partial charge in [0, 0.05) is 44.2 Å². The summed E-state index contributed by atoms with van der Waals surface area (Å²) in [7, 11) is -1.55. The molecular weight excluding hydrogens is 456 g/mol. The Balaban J connectivity index is 1.90. The van der Waals surface area contributed by atoms with Crippen LogP contribution in [-0.2, 0) is 14.8 Å². The normalized spacial score (nSPS) is 16.1. The molecular formula is C24H34N4O3S2. The Morgan fingerprint density at radius 2 is 1.70 bits per heavy atom. The summed E-state index contributed by atoms with van der Waals surface area (Å²) in [5.74, 6) is -0.156. The number of nitrogens with one attached hydrogen (secondary N) is 1. The summed E-state index contributed by atoms with van der Waals surface area (Å²) >= 11 is 1.48. The molecule has 1 aliphatic rings. The molecule has 33 heavy (non-hydrogen) atoms. The lowest BCUT2D eigenvalue weighted by Gasteiger charge is -2.35. The minimum Gasteiger partial charge on any atom is -0.367 e. The standard InChI is InChI=1S/C24H34N4O3S2/c1-5-28(6-2)33(30,31)21-12-13-23(27-16-14-26(4)15-17-27)22(18-21)25-24(29)19(3)32-20-10-8-7-9-11-20/h7-13,18-19H,5-6,14-17H2,1-4H3,(H,25,29). The summed E-state index contributed by atoms with van der Waals surface area (Å²) in [6, 6.07) is 14.9. The third-order valence-electron chi connectivity index (χ3n) is 5.84. The number of sulfonamides is 1. The van der Waals surface area contributed by atoms with E-state index in [9.17, 15) is 13.2 Å². The molecule has 180 valence electrons. The van der Waals surface area contributed by atoms with Gasteiger partial charge in [0.2, 0.25) is 15.9 Å². The molecule has 2 aromatic carbocycles. The number of hydrogen-bond donors (Lipinski definition) is 1. The number of thioether (sulfide) groups is 1. The molecule has 0 radical (unpaired) electrons. The number of carbonyl (C=O) groups is 1. The average Bonchev–Trinajstić information content (AvgIpc) is 2.81. The van der Waals surface area contributed by atoms with Crippen molar-refractivity contribution in [2.75, 3.05) is 56.5 Å². The van der Waals surface area contributed by atoms with E-state index in [1.807, 2.05) is 57.2 Å². The molecule has 7 nitrogen and oxygen atoms in total. The molecule has 0 bridgehead atoms. The first-order valence-corrected chi connectivity index (χ1v) is 13.7. The van der Waals surface area contributed by atoms with Crippen molar-refractivity contribution in [1.82, 2.24) is 9.21 Å². The van der Waals surface area contributed by atoms with Crippen molar-refractivity contribution in [2.45, 2.75) is 35.8 Å². The van der Waals surface area contributed by atoms with E-state index in [-0.39, 0.29) is 16.1 Å². The molecule has 1 fully saturated rings. The summed E-state index contributed by atoms with van der Waals surface area (Å²) < 4.78 is 27.7. The number of carbonyl (C=O) groups excluding carboxylic acids is 1. The van der Waals surface area contributed by atoms with Crippen molar-refractivity contribution >= 4 is 39.1 Å².